The Morgan fingerprint density at radius 3 is 1.82 bits per heavy atom. The molecule has 1 heterocycles. The van der Waals surface area contributed by atoms with Gasteiger partial charge in [0.2, 0.25) is 0 Å². The van der Waals surface area contributed by atoms with Gasteiger partial charge in [0.05, 0.1) is 0 Å². The number of carbonyl (C=O) groups excluding carboxylic acids is 2. The summed E-state index contributed by atoms with van der Waals surface area (Å²) in [6, 6.07) is 8.63. The molecule has 2 amide bonds. The van der Waals surface area contributed by atoms with Crippen LogP contribution in [0.3, 0.4) is 0 Å². The Bertz CT molecular complexity index is 1000. The standard InChI is InChI=1S/C28H38N4O2/c1-2-3-4-5-6-7-8-9-10-11-12-13-14-15-21-32-27(33)23-18-16-17-22-25(30-31-29)20-19-24(26(22)23)28(32)34/h16-20H,2-15,21H2,1H3. The first kappa shape index (κ1) is 25.8. The van der Waals surface area contributed by atoms with E-state index in [0.29, 0.717) is 34.1 Å². The summed E-state index contributed by atoms with van der Waals surface area (Å²) in [5.74, 6) is -0.508. The predicted octanol–water partition coefficient (Wildman–Crippen LogP) is 8.86. The molecular formula is C28H38N4O2. The number of amides is 2. The fourth-order valence-electron chi connectivity index (χ4n) is 4.93. The van der Waals surface area contributed by atoms with Crippen molar-refractivity contribution in [2.24, 2.45) is 5.11 Å². The maximum Gasteiger partial charge on any atom is 0.261 e. The highest BCUT2D eigenvalue weighted by Crippen LogP contribution is 2.35. The molecule has 6 heteroatoms. The smallest absolute Gasteiger partial charge is 0.261 e. The van der Waals surface area contributed by atoms with Gasteiger partial charge in [-0.3, -0.25) is 14.5 Å². The van der Waals surface area contributed by atoms with E-state index in [0.717, 1.165) is 19.3 Å². The molecule has 0 unspecified atom stereocenters. The van der Waals surface area contributed by atoms with Crippen molar-refractivity contribution in [3.8, 4) is 0 Å². The van der Waals surface area contributed by atoms with Gasteiger partial charge in [0.25, 0.3) is 11.8 Å². The third-order valence-corrected chi connectivity index (χ3v) is 6.86. The number of hydrogen-bond donors (Lipinski definition) is 0. The summed E-state index contributed by atoms with van der Waals surface area (Å²) in [5.41, 5.74) is 10.3. The zero-order valence-corrected chi connectivity index (χ0v) is 20.6. The molecule has 0 saturated heterocycles. The van der Waals surface area contributed by atoms with Crippen LogP contribution in [0.25, 0.3) is 21.2 Å². The lowest BCUT2D eigenvalue weighted by atomic mass is 9.93. The van der Waals surface area contributed by atoms with Crippen molar-refractivity contribution >= 4 is 28.3 Å². The summed E-state index contributed by atoms with van der Waals surface area (Å²) < 4.78 is 0. The van der Waals surface area contributed by atoms with Crippen LogP contribution in [0.5, 0.6) is 0 Å². The Morgan fingerprint density at radius 1 is 0.735 bits per heavy atom. The molecule has 0 spiro atoms. The topological polar surface area (TPSA) is 86.1 Å². The van der Waals surface area contributed by atoms with Crippen LogP contribution in [0.4, 0.5) is 5.69 Å². The van der Waals surface area contributed by atoms with Crippen LogP contribution in [-0.4, -0.2) is 23.3 Å². The average Bonchev–Trinajstić information content (AvgIpc) is 2.85. The Hall–Kier alpha value is -2.85. The maximum atomic E-state index is 13.0. The number of nitrogens with zero attached hydrogens (tertiary/aromatic N) is 4. The predicted molar refractivity (Wildman–Crippen MR) is 138 cm³/mol. The maximum absolute atomic E-state index is 13.0. The zero-order valence-electron chi connectivity index (χ0n) is 20.6. The Morgan fingerprint density at radius 2 is 1.26 bits per heavy atom. The SMILES string of the molecule is CCCCCCCCCCCCCCCCN1C(=O)c2cccc3c(N=[N+]=[N-])ccc(c23)C1=O. The normalized spacial score (nSPS) is 12.9. The van der Waals surface area contributed by atoms with Crippen LogP contribution in [-0.2, 0) is 0 Å². The van der Waals surface area contributed by atoms with Gasteiger partial charge in [0.1, 0.15) is 0 Å². The molecule has 2 aromatic carbocycles. The highest BCUT2D eigenvalue weighted by atomic mass is 16.2. The van der Waals surface area contributed by atoms with E-state index in [9.17, 15) is 9.59 Å². The molecule has 0 atom stereocenters. The molecule has 0 radical (unpaired) electrons. The minimum absolute atomic E-state index is 0.254. The van der Waals surface area contributed by atoms with Crippen molar-refractivity contribution in [2.45, 2.75) is 96.8 Å². The van der Waals surface area contributed by atoms with Gasteiger partial charge in [0.15, 0.2) is 0 Å². The lowest BCUT2D eigenvalue weighted by Crippen LogP contribution is -2.40. The summed E-state index contributed by atoms with van der Waals surface area (Å²) in [6.07, 6.45) is 17.8. The van der Waals surface area contributed by atoms with E-state index in [-0.39, 0.29) is 11.8 Å². The second-order valence-electron chi connectivity index (χ2n) is 9.41. The summed E-state index contributed by atoms with van der Waals surface area (Å²) in [4.78, 5) is 30.3. The van der Waals surface area contributed by atoms with Crippen molar-refractivity contribution in [3.63, 3.8) is 0 Å². The van der Waals surface area contributed by atoms with Gasteiger partial charge in [-0.25, -0.2) is 0 Å². The molecule has 0 fully saturated rings. The van der Waals surface area contributed by atoms with Crippen LogP contribution in [0, 0.1) is 0 Å². The average molecular weight is 463 g/mol. The van der Waals surface area contributed by atoms with Crippen LogP contribution >= 0.6 is 0 Å². The van der Waals surface area contributed by atoms with Gasteiger partial charge in [-0.1, -0.05) is 114 Å². The Labute approximate surface area is 203 Å². The fraction of sp³-hybridized carbons (Fsp3) is 0.571. The summed E-state index contributed by atoms with van der Waals surface area (Å²) >= 11 is 0. The number of hydrogen-bond acceptors (Lipinski definition) is 3. The van der Waals surface area contributed by atoms with Gasteiger partial charge in [-0.05, 0) is 29.5 Å². The minimum atomic E-state index is -0.254. The molecule has 0 bridgehead atoms. The molecular weight excluding hydrogens is 424 g/mol. The van der Waals surface area contributed by atoms with Gasteiger partial charge in [0, 0.05) is 33.7 Å². The fourth-order valence-corrected chi connectivity index (χ4v) is 4.93. The quantitative estimate of drug-likeness (QED) is 0.0820. The second kappa shape index (κ2) is 13.8. The Kier molecular flexibility index (Phi) is 10.4. The highest BCUT2D eigenvalue weighted by Gasteiger charge is 2.32. The lowest BCUT2D eigenvalue weighted by molar-refractivity contribution is 0.0607. The number of azide groups is 1. The summed E-state index contributed by atoms with van der Waals surface area (Å²) in [5, 5.41) is 4.95. The number of carbonyl (C=O) groups is 2. The second-order valence-corrected chi connectivity index (χ2v) is 9.41. The van der Waals surface area contributed by atoms with E-state index in [1.807, 2.05) is 0 Å². The van der Waals surface area contributed by atoms with Gasteiger partial charge in [-0.2, -0.15) is 0 Å². The van der Waals surface area contributed by atoms with E-state index in [1.165, 1.54) is 75.5 Å². The first-order valence-corrected chi connectivity index (χ1v) is 13.2. The molecule has 0 aliphatic carbocycles. The third kappa shape index (κ3) is 6.60. The number of benzene rings is 2. The monoisotopic (exact) mass is 462 g/mol. The lowest BCUT2D eigenvalue weighted by Gasteiger charge is -2.27. The molecule has 0 saturated carbocycles. The summed E-state index contributed by atoms with van der Waals surface area (Å²) in [7, 11) is 0. The van der Waals surface area contributed by atoms with Crippen molar-refractivity contribution in [2.75, 3.05) is 6.54 Å². The van der Waals surface area contributed by atoms with Crippen molar-refractivity contribution < 1.29 is 9.59 Å². The van der Waals surface area contributed by atoms with Gasteiger partial charge >= 0.3 is 0 Å². The van der Waals surface area contributed by atoms with E-state index in [1.54, 1.807) is 30.3 Å². The van der Waals surface area contributed by atoms with E-state index < -0.39 is 0 Å². The van der Waals surface area contributed by atoms with Crippen LogP contribution in [0.15, 0.2) is 35.4 Å². The number of rotatable bonds is 16. The minimum Gasteiger partial charge on any atom is -0.274 e. The molecule has 2 aromatic rings. The van der Waals surface area contributed by atoms with Crippen LogP contribution in [0.2, 0.25) is 0 Å². The van der Waals surface area contributed by atoms with Crippen LogP contribution < -0.4 is 0 Å². The van der Waals surface area contributed by atoms with Gasteiger partial charge < -0.3 is 0 Å². The molecule has 6 nitrogen and oxygen atoms in total. The van der Waals surface area contributed by atoms with E-state index in [4.69, 9.17) is 5.53 Å². The highest BCUT2D eigenvalue weighted by molar-refractivity contribution is 6.26. The van der Waals surface area contributed by atoms with Crippen LogP contribution in [0.1, 0.15) is 118 Å². The van der Waals surface area contributed by atoms with Crippen molar-refractivity contribution in [3.05, 3.63) is 51.9 Å². The van der Waals surface area contributed by atoms with Crippen molar-refractivity contribution in [1.29, 1.82) is 0 Å². The van der Waals surface area contributed by atoms with Crippen molar-refractivity contribution in [1.82, 2.24) is 4.90 Å². The molecule has 182 valence electrons. The zero-order chi connectivity index (χ0) is 24.2. The number of unbranched alkanes of at least 4 members (excludes halogenated alkanes) is 13. The Balaban J connectivity index is 1.38. The largest absolute Gasteiger partial charge is 0.274 e. The summed E-state index contributed by atoms with van der Waals surface area (Å²) in [6.45, 7) is 2.71. The third-order valence-electron chi connectivity index (χ3n) is 6.86. The molecule has 0 aromatic heterocycles. The van der Waals surface area contributed by atoms with Gasteiger partial charge in [-0.15, -0.1) is 0 Å². The number of imide groups is 1. The molecule has 1 aliphatic rings. The first-order valence-electron chi connectivity index (χ1n) is 13.2. The molecule has 3 rings (SSSR count). The first-order chi connectivity index (χ1) is 16.7. The van der Waals surface area contributed by atoms with E-state index in [2.05, 4.69) is 16.9 Å². The molecule has 34 heavy (non-hydrogen) atoms. The molecule has 1 aliphatic heterocycles. The van der Waals surface area contributed by atoms with E-state index >= 15 is 0 Å². The molecule has 0 N–H and O–H groups in total.